The smallest absolute Gasteiger partial charge is 0.344 e. The van der Waals surface area contributed by atoms with E-state index in [0.717, 1.165) is 6.42 Å². The van der Waals surface area contributed by atoms with Gasteiger partial charge in [-0.2, -0.15) is 0 Å². The maximum absolute atomic E-state index is 11.2. The molecule has 0 amide bonds. The molecule has 3 heteroatoms. The van der Waals surface area contributed by atoms with Gasteiger partial charge in [-0.25, -0.2) is 4.79 Å². The van der Waals surface area contributed by atoms with Gasteiger partial charge in [-0.15, -0.1) is 0 Å². The highest BCUT2D eigenvalue weighted by atomic mass is 16.6. The van der Waals surface area contributed by atoms with Crippen molar-refractivity contribution in [3.05, 3.63) is 29.8 Å². The number of hydrogen-bond acceptors (Lipinski definition) is 3. The topological polar surface area (TPSA) is 35.5 Å². The van der Waals surface area contributed by atoms with Crippen LogP contribution in [0.4, 0.5) is 0 Å². The van der Waals surface area contributed by atoms with Crippen molar-refractivity contribution in [2.75, 3.05) is 13.2 Å². The van der Waals surface area contributed by atoms with Crippen molar-refractivity contribution in [1.82, 2.24) is 0 Å². The summed E-state index contributed by atoms with van der Waals surface area (Å²) in [5.41, 5.74) is 1.45. The van der Waals surface area contributed by atoms with Crippen molar-refractivity contribution < 1.29 is 14.3 Å². The molecule has 18 heavy (non-hydrogen) atoms. The average molecular weight is 250 g/mol. The molecular formula is C15H22O3. The van der Waals surface area contributed by atoms with Gasteiger partial charge in [0.15, 0.2) is 6.61 Å². The van der Waals surface area contributed by atoms with Gasteiger partial charge in [0.1, 0.15) is 5.75 Å². The van der Waals surface area contributed by atoms with Crippen LogP contribution in [0.15, 0.2) is 24.3 Å². The fraction of sp³-hybridized carbons (Fsp3) is 0.533. The van der Waals surface area contributed by atoms with E-state index in [2.05, 4.69) is 26.8 Å². The molecule has 0 spiro atoms. The minimum atomic E-state index is -0.335. The SMILES string of the molecule is CCOC(=O)COc1cccc(CC(C)(C)C)c1. The van der Waals surface area contributed by atoms with Crippen LogP contribution in [0.5, 0.6) is 5.75 Å². The Labute approximate surface area is 109 Å². The number of hydrogen-bond donors (Lipinski definition) is 0. The molecular weight excluding hydrogens is 228 g/mol. The summed E-state index contributed by atoms with van der Waals surface area (Å²) in [6.45, 7) is 8.71. The van der Waals surface area contributed by atoms with Gasteiger partial charge in [0.2, 0.25) is 0 Å². The van der Waals surface area contributed by atoms with Gasteiger partial charge < -0.3 is 9.47 Å². The maximum Gasteiger partial charge on any atom is 0.344 e. The number of esters is 1. The lowest BCUT2D eigenvalue weighted by molar-refractivity contribution is -0.145. The Morgan fingerprint density at radius 1 is 1.28 bits per heavy atom. The Hall–Kier alpha value is -1.51. The highest BCUT2D eigenvalue weighted by molar-refractivity contribution is 5.71. The molecule has 0 aliphatic rings. The Morgan fingerprint density at radius 2 is 2.00 bits per heavy atom. The van der Waals surface area contributed by atoms with Gasteiger partial charge in [-0.05, 0) is 36.5 Å². The summed E-state index contributed by atoms with van der Waals surface area (Å²) < 4.78 is 10.2. The summed E-state index contributed by atoms with van der Waals surface area (Å²) in [5.74, 6) is 0.378. The molecule has 0 aromatic heterocycles. The third kappa shape index (κ3) is 5.71. The third-order valence-electron chi connectivity index (χ3n) is 2.29. The molecule has 0 radical (unpaired) electrons. The second-order valence-corrected chi connectivity index (χ2v) is 5.48. The molecule has 1 aromatic rings. The van der Waals surface area contributed by atoms with E-state index in [0.29, 0.717) is 12.4 Å². The van der Waals surface area contributed by atoms with Crippen molar-refractivity contribution >= 4 is 5.97 Å². The zero-order valence-corrected chi connectivity index (χ0v) is 11.7. The number of benzene rings is 1. The Kier molecular flexibility index (Phi) is 5.20. The standard InChI is InChI=1S/C15H22O3/c1-5-17-14(16)11-18-13-8-6-7-12(9-13)10-15(2,3)4/h6-9H,5,10-11H2,1-4H3. The molecule has 0 saturated heterocycles. The summed E-state index contributed by atoms with van der Waals surface area (Å²) in [5, 5.41) is 0. The molecule has 1 rings (SSSR count). The van der Waals surface area contributed by atoms with Crippen LogP contribution in [0.2, 0.25) is 0 Å². The molecule has 0 fully saturated rings. The van der Waals surface area contributed by atoms with E-state index < -0.39 is 0 Å². The van der Waals surface area contributed by atoms with E-state index in [1.807, 2.05) is 18.2 Å². The van der Waals surface area contributed by atoms with Gasteiger partial charge in [0.05, 0.1) is 6.61 Å². The first-order chi connectivity index (χ1) is 8.40. The molecule has 0 heterocycles. The van der Waals surface area contributed by atoms with Crippen LogP contribution >= 0.6 is 0 Å². The van der Waals surface area contributed by atoms with Gasteiger partial charge in [-0.1, -0.05) is 32.9 Å². The molecule has 0 bridgehead atoms. The van der Waals surface area contributed by atoms with Crippen LogP contribution in [0.1, 0.15) is 33.3 Å². The zero-order chi connectivity index (χ0) is 13.6. The number of ether oxygens (including phenoxy) is 2. The van der Waals surface area contributed by atoms with Gasteiger partial charge in [0, 0.05) is 0 Å². The van der Waals surface area contributed by atoms with Crippen LogP contribution in [0, 0.1) is 5.41 Å². The van der Waals surface area contributed by atoms with E-state index in [1.165, 1.54) is 5.56 Å². The Balaban J connectivity index is 2.57. The molecule has 0 aliphatic heterocycles. The van der Waals surface area contributed by atoms with Gasteiger partial charge in [0.25, 0.3) is 0 Å². The van der Waals surface area contributed by atoms with E-state index in [1.54, 1.807) is 6.92 Å². The minimum Gasteiger partial charge on any atom is -0.482 e. The first-order valence-electron chi connectivity index (χ1n) is 6.28. The summed E-state index contributed by atoms with van der Waals surface area (Å²) in [7, 11) is 0. The summed E-state index contributed by atoms with van der Waals surface area (Å²) >= 11 is 0. The molecule has 0 unspecified atom stereocenters. The second-order valence-electron chi connectivity index (χ2n) is 5.48. The van der Waals surface area contributed by atoms with E-state index >= 15 is 0 Å². The first-order valence-corrected chi connectivity index (χ1v) is 6.28. The van der Waals surface area contributed by atoms with Crippen LogP contribution in [0.25, 0.3) is 0 Å². The normalized spacial score (nSPS) is 11.1. The van der Waals surface area contributed by atoms with Crippen LogP contribution < -0.4 is 4.74 Å². The summed E-state index contributed by atoms with van der Waals surface area (Å²) in [6, 6.07) is 7.85. The van der Waals surface area contributed by atoms with Crippen LogP contribution in [0.3, 0.4) is 0 Å². The fourth-order valence-electron chi connectivity index (χ4n) is 1.70. The lowest BCUT2D eigenvalue weighted by atomic mass is 9.88. The van der Waals surface area contributed by atoms with Crippen LogP contribution in [-0.2, 0) is 16.0 Å². The highest BCUT2D eigenvalue weighted by Crippen LogP contribution is 2.23. The monoisotopic (exact) mass is 250 g/mol. The van der Waals surface area contributed by atoms with Crippen molar-refractivity contribution in [2.24, 2.45) is 5.41 Å². The molecule has 0 atom stereocenters. The Morgan fingerprint density at radius 3 is 2.61 bits per heavy atom. The van der Waals surface area contributed by atoms with E-state index in [9.17, 15) is 4.79 Å². The minimum absolute atomic E-state index is 0.0349. The van der Waals surface area contributed by atoms with Crippen molar-refractivity contribution in [2.45, 2.75) is 34.1 Å². The number of carbonyl (C=O) groups is 1. The predicted molar refractivity (Wildman–Crippen MR) is 71.7 cm³/mol. The third-order valence-corrected chi connectivity index (χ3v) is 2.29. The van der Waals surface area contributed by atoms with Crippen LogP contribution in [-0.4, -0.2) is 19.2 Å². The molecule has 3 nitrogen and oxygen atoms in total. The number of rotatable bonds is 5. The van der Waals surface area contributed by atoms with E-state index in [4.69, 9.17) is 9.47 Å². The fourth-order valence-corrected chi connectivity index (χ4v) is 1.70. The summed E-state index contributed by atoms with van der Waals surface area (Å²) in [4.78, 5) is 11.2. The molecule has 1 aromatic carbocycles. The lowest BCUT2D eigenvalue weighted by Gasteiger charge is -2.18. The zero-order valence-electron chi connectivity index (χ0n) is 11.7. The lowest BCUT2D eigenvalue weighted by Crippen LogP contribution is -2.14. The maximum atomic E-state index is 11.2. The summed E-state index contributed by atoms with van der Waals surface area (Å²) in [6.07, 6.45) is 0.976. The molecule has 0 saturated carbocycles. The predicted octanol–water partition coefficient (Wildman–Crippen LogP) is 3.22. The second kappa shape index (κ2) is 6.43. The van der Waals surface area contributed by atoms with E-state index in [-0.39, 0.29) is 18.0 Å². The molecule has 0 aliphatic carbocycles. The van der Waals surface area contributed by atoms with Crippen molar-refractivity contribution in [3.63, 3.8) is 0 Å². The Bertz CT molecular complexity index is 391. The average Bonchev–Trinajstić information content (AvgIpc) is 2.25. The molecule has 100 valence electrons. The van der Waals surface area contributed by atoms with Gasteiger partial charge in [-0.3, -0.25) is 0 Å². The quantitative estimate of drug-likeness (QED) is 0.753. The van der Waals surface area contributed by atoms with Gasteiger partial charge >= 0.3 is 5.97 Å². The van der Waals surface area contributed by atoms with Crippen molar-refractivity contribution in [1.29, 1.82) is 0 Å². The van der Waals surface area contributed by atoms with Crippen molar-refractivity contribution in [3.8, 4) is 5.75 Å². The highest BCUT2D eigenvalue weighted by Gasteiger charge is 2.11. The molecule has 0 N–H and O–H groups in total. The largest absolute Gasteiger partial charge is 0.482 e. The number of carbonyl (C=O) groups excluding carboxylic acids is 1. The first kappa shape index (κ1) is 14.6.